The molecule has 1 amide bonds. The predicted octanol–water partition coefficient (Wildman–Crippen LogP) is 4.95. The number of halogens is 1. The third-order valence-corrected chi connectivity index (χ3v) is 5.32. The molecular weight excluding hydrogens is 418 g/mol. The van der Waals surface area contributed by atoms with E-state index in [0.29, 0.717) is 34.3 Å². The molecule has 0 saturated carbocycles. The second kappa shape index (κ2) is 8.70. The van der Waals surface area contributed by atoms with Crippen molar-refractivity contribution in [3.8, 4) is 5.75 Å². The average molecular weight is 438 g/mol. The molecule has 0 aliphatic carbocycles. The maximum absolute atomic E-state index is 13.0. The number of rotatable bonds is 6. The van der Waals surface area contributed by atoms with Gasteiger partial charge in [0, 0.05) is 10.6 Å². The number of hydrogen-bond acceptors (Lipinski definition) is 5. The van der Waals surface area contributed by atoms with Crippen LogP contribution in [-0.4, -0.2) is 28.3 Å². The highest BCUT2D eigenvalue weighted by Gasteiger charge is 2.46. The van der Waals surface area contributed by atoms with Crippen LogP contribution in [0.15, 0.2) is 76.9 Å². The van der Waals surface area contributed by atoms with Gasteiger partial charge in [-0.15, -0.1) is 0 Å². The number of benzene rings is 2. The normalized spacial score (nSPS) is 17.9. The van der Waals surface area contributed by atoms with Gasteiger partial charge in [0.2, 0.25) is 0 Å². The van der Waals surface area contributed by atoms with Crippen LogP contribution in [-0.2, 0) is 16.1 Å². The molecule has 1 fully saturated rings. The molecule has 0 bridgehead atoms. The monoisotopic (exact) mass is 437 g/mol. The van der Waals surface area contributed by atoms with E-state index in [4.69, 9.17) is 20.8 Å². The summed E-state index contributed by atoms with van der Waals surface area (Å²) in [6.45, 7) is 2.48. The van der Waals surface area contributed by atoms with Crippen molar-refractivity contribution in [2.24, 2.45) is 0 Å². The third-order valence-electron chi connectivity index (χ3n) is 5.07. The van der Waals surface area contributed by atoms with E-state index in [1.807, 2.05) is 6.92 Å². The van der Waals surface area contributed by atoms with Crippen LogP contribution in [0.3, 0.4) is 0 Å². The number of ketones is 1. The molecule has 31 heavy (non-hydrogen) atoms. The van der Waals surface area contributed by atoms with Crippen LogP contribution in [0.5, 0.6) is 5.75 Å². The first-order chi connectivity index (χ1) is 15.0. The standard InChI is InChI=1S/C24H20ClNO5/c1-2-30-18-11-7-16(8-12-18)22(27)20-21(15-5-9-17(25)10-6-15)26(24(29)23(20)28)14-19-4-3-13-31-19/h3-13,21,27H,2,14H2,1H3/b22-20-. The molecule has 158 valence electrons. The second-order valence-corrected chi connectivity index (χ2v) is 7.45. The summed E-state index contributed by atoms with van der Waals surface area (Å²) < 4.78 is 10.8. The Bertz CT molecular complexity index is 1120. The Morgan fingerprint density at radius 2 is 1.81 bits per heavy atom. The van der Waals surface area contributed by atoms with Gasteiger partial charge in [0.1, 0.15) is 17.3 Å². The molecule has 1 aromatic heterocycles. The zero-order valence-corrected chi connectivity index (χ0v) is 17.5. The molecule has 0 radical (unpaired) electrons. The van der Waals surface area contributed by atoms with Gasteiger partial charge < -0.3 is 19.2 Å². The molecule has 7 heteroatoms. The van der Waals surface area contributed by atoms with E-state index in [0.717, 1.165) is 0 Å². The first kappa shape index (κ1) is 20.8. The maximum Gasteiger partial charge on any atom is 0.296 e. The van der Waals surface area contributed by atoms with Crippen molar-refractivity contribution < 1.29 is 23.8 Å². The molecular formula is C24H20ClNO5. The van der Waals surface area contributed by atoms with Crippen molar-refractivity contribution in [3.63, 3.8) is 0 Å². The van der Waals surface area contributed by atoms with Gasteiger partial charge in [-0.05, 0) is 61.0 Å². The molecule has 0 spiro atoms. The number of aliphatic hydroxyl groups is 1. The van der Waals surface area contributed by atoms with Gasteiger partial charge in [-0.25, -0.2) is 0 Å². The number of ether oxygens (including phenoxy) is 1. The van der Waals surface area contributed by atoms with Gasteiger partial charge >= 0.3 is 0 Å². The van der Waals surface area contributed by atoms with Crippen molar-refractivity contribution in [1.82, 2.24) is 4.90 Å². The Hall–Kier alpha value is -3.51. The summed E-state index contributed by atoms with van der Waals surface area (Å²) in [5.74, 6) is -0.529. The number of nitrogens with zero attached hydrogens (tertiary/aromatic N) is 1. The Morgan fingerprint density at radius 1 is 1.10 bits per heavy atom. The summed E-state index contributed by atoms with van der Waals surface area (Å²) in [5.41, 5.74) is 1.09. The fourth-order valence-corrected chi connectivity index (χ4v) is 3.76. The van der Waals surface area contributed by atoms with Crippen molar-refractivity contribution >= 4 is 29.1 Å². The number of hydrogen-bond donors (Lipinski definition) is 1. The van der Waals surface area contributed by atoms with E-state index in [-0.39, 0.29) is 17.9 Å². The summed E-state index contributed by atoms with van der Waals surface area (Å²) in [4.78, 5) is 27.3. The van der Waals surface area contributed by atoms with Crippen LogP contribution in [0, 0.1) is 0 Å². The SMILES string of the molecule is CCOc1ccc(/C(O)=C2/C(=O)C(=O)N(Cc3ccco3)C2c2ccc(Cl)cc2)cc1. The lowest BCUT2D eigenvalue weighted by molar-refractivity contribution is -0.140. The van der Waals surface area contributed by atoms with Crippen molar-refractivity contribution in [3.05, 3.63) is 94.4 Å². The van der Waals surface area contributed by atoms with E-state index in [2.05, 4.69) is 0 Å². The number of likely N-dealkylation sites (tertiary alicyclic amines) is 1. The van der Waals surface area contributed by atoms with E-state index < -0.39 is 17.7 Å². The number of Topliss-reactive ketones (excluding diaryl/α,β-unsaturated/α-hetero) is 1. The van der Waals surface area contributed by atoms with E-state index in [9.17, 15) is 14.7 Å². The summed E-state index contributed by atoms with van der Waals surface area (Å²) in [6, 6.07) is 16.2. The largest absolute Gasteiger partial charge is 0.507 e. The summed E-state index contributed by atoms with van der Waals surface area (Å²) in [7, 11) is 0. The Kier molecular flexibility index (Phi) is 5.82. The molecule has 1 saturated heterocycles. The summed E-state index contributed by atoms with van der Waals surface area (Å²) in [6.07, 6.45) is 1.50. The van der Waals surface area contributed by atoms with Gasteiger partial charge in [-0.3, -0.25) is 9.59 Å². The number of furan rings is 1. The highest BCUT2D eigenvalue weighted by atomic mass is 35.5. The van der Waals surface area contributed by atoms with Gasteiger partial charge in [0.15, 0.2) is 0 Å². The zero-order chi connectivity index (χ0) is 22.0. The molecule has 1 aliphatic heterocycles. The Labute approximate surface area is 184 Å². The van der Waals surface area contributed by atoms with Gasteiger partial charge in [-0.1, -0.05) is 23.7 Å². The minimum absolute atomic E-state index is 0.0167. The topological polar surface area (TPSA) is 80.0 Å². The number of carbonyl (C=O) groups is 2. The maximum atomic E-state index is 13.0. The number of carbonyl (C=O) groups excluding carboxylic acids is 2. The molecule has 2 heterocycles. The minimum atomic E-state index is -0.783. The molecule has 1 atom stereocenters. The van der Waals surface area contributed by atoms with E-state index in [1.54, 1.807) is 60.7 Å². The fourth-order valence-electron chi connectivity index (χ4n) is 3.64. The van der Waals surface area contributed by atoms with Crippen LogP contribution in [0.1, 0.15) is 29.9 Å². The van der Waals surface area contributed by atoms with Crippen LogP contribution in [0.2, 0.25) is 5.02 Å². The first-order valence-corrected chi connectivity index (χ1v) is 10.2. The molecule has 1 N–H and O–H groups in total. The van der Waals surface area contributed by atoms with Crippen molar-refractivity contribution in [2.75, 3.05) is 6.61 Å². The molecule has 4 rings (SSSR count). The highest BCUT2D eigenvalue weighted by Crippen LogP contribution is 2.40. The van der Waals surface area contributed by atoms with Gasteiger partial charge in [0.25, 0.3) is 11.7 Å². The minimum Gasteiger partial charge on any atom is -0.507 e. The number of amides is 1. The summed E-state index contributed by atoms with van der Waals surface area (Å²) in [5, 5.41) is 11.6. The molecule has 6 nitrogen and oxygen atoms in total. The van der Waals surface area contributed by atoms with Crippen LogP contribution in [0.4, 0.5) is 0 Å². The van der Waals surface area contributed by atoms with Crippen LogP contribution < -0.4 is 4.74 Å². The van der Waals surface area contributed by atoms with Crippen molar-refractivity contribution in [2.45, 2.75) is 19.5 Å². The average Bonchev–Trinajstić information content (AvgIpc) is 3.37. The van der Waals surface area contributed by atoms with Crippen molar-refractivity contribution in [1.29, 1.82) is 0 Å². The van der Waals surface area contributed by atoms with E-state index >= 15 is 0 Å². The van der Waals surface area contributed by atoms with Gasteiger partial charge in [-0.2, -0.15) is 0 Å². The first-order valence-electron chi connectivity index (χ1n) is 9.79. The molecule has 1 unspecified atom stereocenters. The van der Waals surface area contributed by atoms with Gasteiger partial charge in [0.05, 0.1) is 31.0 Å². The Balaban J connectivity index is 1.81. The fraction of sp³-hybridized carbons (Fsp3) is 0.167. The second-order valence-electron chi connectivity index (χ2n) is 7.02. The van der Waals surface area contributed by atoms with Crippen LogP contribution >= 0.6 is 11.6 Å². The molecule has 1 aliphatic rings. The Morgan fingerprint density at radius 3 is 2.42 bits per heavy atom. The molecule has 3 aromatic rings. The lowest BCUT2D eigenvalue weighted by atomic mass is 9.95. The summed E-state index contributed by atoms with van der Waals surface area (Å²) >= 11 is 6.03. The quantitative estimate of drug-likeness (QED) is 0.335. The van der Waals surface area contributed by atoms with Crippen LogP contribution in [0.25, 0.3) is 5.76 Å². The smallest absolute Gasteiger partial charge is 0.296 e. The van der Waals surface area contributed by atoms with E-state index in [1.165, 1.54) is 11.2 Å². The zero-order valence-electron chi connectivity index (χ0n) is 16.7. The molecule has 2 aromatic carbocycles. The number of aliphatic hydroxyl groups excluding tert-OH is 1. The third kappa shape index (κ3) is 4.07. The lowest BCUT2D eigenvalue weighted by Crippen LogP contribution is -2.29. The highest BCUT2D eigenvalue weighted by molar-refractivity contribution is 6.46. The predicted molar refractivity (Wildman–Crippen MR) is 116 cm³/mol. The lowest BCUT2D eigenvalue weighted by Gasteiger charge is -2.24.